The van der Waals surface area contributed by atoms with Crippen LogP contribution >= 0.6 is 11.8 Å². The highest BCUT2D eigenvalue weighted by atomic mass is 32.2. The Morgan fingerprint density at radius 1 is 1.07 bits per heavy atom. The fraction of sp³-hybridized carbons (Fsp3) is 0.238. The molecule has 3 aromatic rings. The highest BCUT2D eigenvalue weighted by Gasteiger charge is 2.33. The Kier molecular flexibility index (Phi) is 4.44. The molecule has 2 atom stereocenters. The molecule has 6 heteroatoms. The van der Waals surface area contributed by atoms with Gasteiger partial charge in [0.25, 0.3) is 0 Å². The largest absolute Gasteiger partial charge is 0.508 e. The molecule has 27 heavy (non-hydrogen) atoms. The van der Waals surface area contributed by atoms with E-state index in [0.717, 1.165) is 28.3 Å². The average molecular weight is 379 g/mol. The van der Waals surface area contributed by atoms with Crippen molar-refractivity contribution in [2.75, 3.05) is 5.32 Å². The monoisotopic (exact) mass is 379 g/mol. The molecule has 1 aliphatic rings. The third kappa shape index (κ3) is 3.21. The first kappa shape index (κ1) is 17.7. The van der Waals surface area contributed by atoms with Gasteiger partial charge in [0.2, 0.25) is 5.91 Å². The van der Waals surface area contributed by atoms with Crippen LogP contribution in [0.1, 0.15) is 34.6 Å². The highest BCUT2D eigenvalue weighted by Crippen LogP contribution is 2.46. The smallest absolute Gasteiger partial charge is 0.238 e. The third-order valence-electron chi connectivity index (χ3n) is 4.79. The molecule has 0 spiro atoms. The van der Waals surface area contributed by atoms with Gasteiger partial charge in [0.1, 0.15) is 11.6 Å². The number of carbonyl (C=O) groups excluding carboxylic acids is 1. The molecule has 0 radical (unpaired) electrons. The summed E-state index contributed by atoms with van der Waals surface area (Å²) in [6.07, 6.45) is 0. The van der Waals surface area contributed by atoms with Crippen LogP contribution in [0.3, 0.4) is 0 Å². The molecule has 4 rings (SSSR count). The van der Waals surface area contributed by atoms with E-state index in [1.54, 1.807) is 23.9 Å². The fourth-order valence-electron chi connectivity index (χ4n) is 3.29. The zero-order valence-corrected chi connectivity index (χ0v) is 16.2. The van der Waals surface area contributed by atoms with Gasteiger partial charge in [-0.05, 0) is 50.6 Å². The van der Waals surface area contributed by atoms with Gasteiger partial charge in [0.05, 0.1) is 21.9 Å². The molecule has 0 saturated carbocycles. The lowest BCUT2D eigenvalue weighted by molar-refractivity contribution is -0.115. The van der Waals surface area contributed by atoms with Crippen molar-refractivity contribution in [3.8, 4) is 11.4 Å². The first-order valence-electron chi connectivity index (χ1n) is 8.86. The minimum absolute atomic E-state index is 0.0317. The number of hydrogen-bond acceptors (Lipinski definition) is 4. The lowest BCUT2D eigenvalue weighted by Gasteiger charge is -2.17. The number of rotatable bonds is 2. The molecule has 0 unspecified atom stereocenters. The Balaban J connectivity index is 1.89. The first-order valence-corrected chi connectivity index (χ1v) is 9.80. The minimum Gasteiger partial charge on any atom is -0.508 e. The Labute approximate surface area is 162 Å². The molecular formula is C21H21N3O2S. The lowest BCUT2D eigenvalue weighted by Crippen LogP contribution is -2.22. The van der Waals surface area contributed by atoms with E-state index >= 15 is 0 Å². The number of nitrogens with zero attached hydrogens (tertiary/aromatic N) is 2. The van der Waals surface area contributed by atoms with E-state index in [0.29, 0.717) is 0 Å². The van der Waals surface area contributed by atoms with E-state index in [-0.39, 0.29) is 22.2 Å². The number of aromatic nitrogens is 2. The minimum atomic E-state index is -0.206. The maximum absolute atomic E-state index is 12.6. The molecule has 138 valence electrons. The summed E-state index contributed by atoms with van der Waals surface area (Å²) in [7, 11) is 0. The van der Waals surface area contributed by atoms with Crippen LogP contribution in [-0.2, 0) is 4.79 Å². The van der Waals surface area contributed by atoms with E-state index in [4.69, 9.17) is 5.10 Å². The second-order valence-electron chi connectivity index (χ2n) is 6.83. The van der Waals surface area contributed by atoms with Crippen LogP contribution in [-0.4, -0.2) is 26.0 Å². The normalized spacial score (nSPS) is 19.3. The summed E-state index contributed by atoms with van der Waals surface area (Å²) in [5.41, 5.74) is 5.00. The molecule has 0 aliphatic carbocycles. The summed E-state index contributed by atoms with van der Waals surface area (Å²) in [4.78, 5) is 12.6. The molecule has 5 nitrogen and oxygen atoms in total. The Bertz CT molecular complexity index is 994. The second-order valence-corrected chi connectivity index (χ2v) is 8.28. The van der Waals surface area contributed by atoms with Gasteiger partial charge in [-0.15, -0.1) is 11.8 Å². The van der Waals surface area contributed by atoms with Gasteiger partial charge in [-0.2, -0.15) is 5.10 Å². The van der Waals surface area contributed by atoms with E-state index in [9.17, 15) is 9.90 Å². The summed E-state index contributed by atoms with van der Waals surface area (Å²) in [5.74, 6) is 0.916. The average Bonchev–Trinajstić information content (AvgIpc) is 2.89. The molecule has 0 saturated heterocycles. The molecule has 1 aromatic heterocycles. The quantitative estimate of drug-likeness (QED) is 0.694. The summed E-state index contributed by atoms with van der Waals surface area (Å²) >= 11 is 1.60. The van der Waals surface area contributed by atoms with E-state index < -0.39 is 0 Å². The number of fused-ring (bicyclic) bond motifs is 1. The number of phenols is 1. The van der Waals surface area contributed by atoms with Crippen LogP contribution in [0, 0.1) is 13.8 Å². The number of nitrogens with one attached hydrogen (secondary N) is 1. The van der Waals surface area contributed by atoms with Crippen molar-refractivity contribution in [2.45, 2.75) is 31.3 Å². The van der Waals surface area contributed by atoms with Crippen molar-refractivity contribution in [2.24, 2.45) is 0 Å². The van der Waals surface area contributed by atoms with Gasteiger partial charge in [-0.1, -0.05) is 29.8 Å². The number of carbonyl (C=O) groups is 1. The molecule has 2 aromatic carbocycles. The van der Waals surface area contributed by atoms with Gasteiger partial charge in [0.15, 0.2) is 0 Å². The summed E-state index contributed by atoms with van der Waals surface area (Å²) in [6.45, 7) is 5.93. The topological polar surface area (TPSA) is 67.2 Å². The number of aromatic hydroxyl groups is 1. The van der Waals surface area contributed by atoms with Crippen LogP contribution < -0.4 is 5.32 Å². The van der Waals surface area contributed by atoms with E-state index in [1.807, 2.05) is 61.9 Å². The van der Waals surface area contributed by atoms with Gasteiger partial charge in [0, 0.05) is 5.56 Å². The molecule has 1 amide bonds. The third-order valence-corrected chi connectivity index (χ3v) is 6.20. The number of hydrogen-bond donors (Lipinski definition) is 2. The maximum atomic E-state index is 12.6. The lowest BCUT2D eigenvalue weighted by atomic mass is 10.0. The van der Waals surface area contributed by atoms with Crippen molar-refractivity contribution < 1.29 is 9.90 Å². The van der Waals surface area contributed by atoms with Crippen molar-refractivity contribution in [1.82, 2.24) is 9.78 Å². The second kappa shape index (κ2) is 6.78. The summed E-state index contributed by atoms with van der Waals surface area (Å²) in [6, 6.07) is 15.2. The van der Waals surface area contributed by atoms with Crippen molar-refractivity contribution in [3.05, 3.63) is 70.9 Å². The highest BCUT2D eigenvalue weighted by molar-refractivity contribution is 8.01. The van der Waals surface area contributed by atoms with Gasteiger partial charge < -0.3 is 10.4 Å². The van der Waals surface area contributed by atoms with E-state index in [1.165, 1.54) is 5.56 Å². The van der Waals surface area contributed by atoms with Gasteiger partial charge in [-0.25, -0.2) is 4.68 Å². The molecule has 0 bridgehead atoms. The number of anilines is 1. The first-order chi connectivity index (χ1) is 12.9. The zero-order valence-electron chi connectivity index (χ0n) is 15.4. The summed E-state index contributed by atoms with van der Waals surface area (Å²) < 4.78 is 1.81. The van der Waals surface area contributed by atoms with Gasteiger partial charge in [-0.3, -0.25) is 4.79 Å². The van der Waals surface area contributed by atoms with Crippen molar-refractivity contribution in [1.29, 1.82) is 0 Å². The Morgan fingerprint density at radius 2 is 1.74 bits per heavy atom. The molecule has 0 fully saturated rings. The van der Waals surface area contributed by atoms with Crippen molar-refractivity contribution in [3.63, 3.8) is 0 Å². The van der Waals surface area contributed by atoms with Crippen LogP contribution in [0.25, 0.3) is 5.69 Å². The van der Waals surface area contributed by atoms with Crippen LogP contribution in [0.5, 0.6) is 5.75 Å². The molecule has 1 aliphatic heterocycles. The van der Waals surface area contributed by atoms with Crippen LogP contribution in [0.4, 0.5) is 5.82 Å². The Hall–Kier alpha value is -2.73. The number of thioether (sulfide) groups is 1. The number of phenolic OH excluding ortho intramolecular Hbond substituents is 1. The van der Waals surface area contributed by atoms with E-state index in [2.05, 4.69) is 5.32 Å². The Morgan fingerprint density at radius 3 is 2.41 bits per heavy atom. The number of aryl methyl sites for hydroxylation is 2. The maximum Gasteiger partial charge on any atom is 0.238 e. The zero-order chi connectivity index (χ0) is 19.1. The van der Waals surface area contributed by atoms with Gasteiger partial charge >= 0.3 is 0 Å². The number of benzene rings is 2. The number of amides is 1. The SMILES string of the molecule is Cc1ccc(-n2nc(C)c3c2NC(=O)[C@H](C)S[C@@H]3c2ccc(O)cc2)cc1. The van der Waals surface area contributed by atoms with Crippen LogP contribution in [0.15, 0.2) is 48.5 Å². The predicted octanol–water partition coefficient (Wildman–Crippen LogP) is 4.36. The predicted molar refractivity (Wildman–Crippen MR) is 109 cm³/mol. The summed E-state index contributed by atoms with van der Waals surface area (Å²) in [5, 5.41) is 17.2. The standard InChI is InChI=1S/C21H21N3O2S/c1-12-4-8-16(9-5-12)24-20-18(13(2)23-24)19(27-14(3)21(26)22-20)15-6-10-17(25)11-7-15/h4-11,14,19,25H,1-3H3,(H,22,26)/t14-,19+/m0/s1. The molecule has 2 heterocycles. The van der Waals surface area contributed by atoms with Crippen LogP contribution in [0.2, 0.25) is 0 Å². The van der Waals surface area contributed by atoms with Crippen molar-refractivity contribution >= 4 is 23.5 Å². The fourth-order valence-corrected chi connectivity index (χ4v) is 4.62. The molecule has 2 N–H and O–H groups in total. The molecular weight excluding hydrogens is 358 g/mol.